The number of nitrogens with two attached hydrogens (primary N) is 1. The lowest BCUT2D eigenvalue weighted by atomic mass is 10.2. The van der Waals surface area contributed by atoms with E-state index in [0.717, 1.165) is 27.8 Å². The van der Waals surface area contributed by atoms with Crippen LogP contribution in [0.3, 0.4) is 0 Å². The van der Waals surface area contributed by atoms with Gasteiger partial charge in [0.05, 0.1) is 0 Å². The molecular formula is C13H12N3+. The summed E-state index contributed by atoms with van der Waals surface area (Å²) < 4.78 is 2.12. The van der Waals surface area contributed by atoms with Crippen molar-refractivity contribution in [2.75, 3.05) is 5.73 Å². The third-order valence-corrected chi connectivity index (χ3v) is 2.84. The van der Waals surface area contributed by atoms with Gasteiger partial charge in [-0.2, -0.15) is 4.57 Å². The Bertz CT molecular complexity index is 689. The Kier molecular flexibility index (Phi) is 1.80. The van der Waals surface area contributed by atoms with Gasteiger partial charge in [0, 0.05) is 17.8 Å². The molecule has 0 saturated carbocycles. The van der Waals surface area contributed by atoms with Gasteiger partial charge in [-0.3, -0.25) is 0 Å². The standard InChI is InChI=1S/C13H11N3/c1-16-12-5-3-2-4-10(12)15-11-7-6-9(14)8-13(11)16/h2-8,14H,1H3/p+1. The number of rotatable bonds is 0. The van der Waals surface area contributed by atoms with Crippen LogP contribution < -0.4 is 10.3 Å². The van der Waals surface area contributed by atoms with Gasteiger partial charge in [0.25, 0.3) is 0 Å². The zero-order valence-electron chi connectivity index (χ0n) is 9.01. The number of nitrogen functional groups attached to an aromatic ring is 1. The molecule has 1 heterocycles. The summed E-state index contributed by atoms with van der Waals surface area (Å²) in [5, 5.41) is 0. The maximum atomic E-state index is 5.80. The molecule has 0 fully saturated rings. The van der Waals surface area contributed by atoms with Crippen LogP contribution in [0.1, 0.15) is 0 Å². The molecule has 0 amide bonds. The first-order chi connectivity index (χ1) is 7.75. The van der Waals surface area contributed by atoms with Crippen LogP contribution in [-0.4, -0.2) is 4.98 Å². The van der Waals surface area contributed by atoms with E-state index >= 15 is 0 Å². The zero-order chi connectivity index (χ0) is 11.1. The van der Waals surface area contributed by atoms with Crippen molar-refractivity contribution in [3.63, 3.8) is 0 Å². The summed E-state index contributed by atoms with van der Waals surface area (Å²) in [5.41, 5.74) is 10.7. The van der Waals surface area contributed by atoms with Crippen LogP contribution >= 0.6 is 0 Å². The highest BCUT2D eigenvalue weighted by Crippen LogP contribution is 2.15. The van der Waals surface area contributed by atoms with Crippen molar-refractivity contribution in [2.45, 2.75) is 0 Å². The third-order valence-electron chi connectivity index (χ3n) is 2.84. The molecule has 0 bridgehead atoms. The molecule has 0 aliphatic carbocycles. The minimum Gasteiger partial charge on any atom is -0.399 e. The summed E-state index contributed by atoms with van der Waals surface area (Å²) in [7, 11) is 2.03. The van der Waals surface area contributed by atoms with Crippen molar-refractivity contribution in [2.24, 2.45) is 7.05 Å². The molecular weight excluding hydrogens is 198 g/mol. The molecule has 0 unspecified atom stereocenters. The average molecular weight is 210 g/mol. The molecule has 0 atom stereocenters. The van der Waals surface area contributed by atoms with Crippen molar-refractivity contribution in [3.8, 4) is 0 Å². The summed E-state index contributed by atoms with van der Waals surface area (Å²) in [5.74, 6) is 0. The first kappa shape index (κ1) is 9.09. The van der Waals surface area contributed by atoms with Crippen molar-refractivity contribution in [3.05, 3.63) is 42.5 Å². The fourth-order valence-corrected chi connectivity index (χ4v) is 2.01. The van der Waals surface area contributed by atoms with Crippen molar-refractivity contribution >= 4 is 27.8 Å². The highest BCUT2D eigenvalue weighted by Gasteiger charge is 2.11. The van der Waals surface area contributed by atoms with Gasteiger partial charge in [-0.1, -0.05) is 12.1 Å². The molecule has 78 valence electrons. The number of fused-ring (bicyclic) bond motifs is 2. The third kappa shape index (κ3) is 1.21. The second-order valence-electron chi connectivity index (χ2n) is 3.91. The molecule has 3 rings (SSSR count). The van der Waals surface area contributed by atoms with E-state index in [0.29, 0.717) is 0 Å². The van der Waals surface area contributed by atoms with Crippen LogP contribution in [0.4, 0.5) is 5.69 Å². The molecule has 0 aliphatic heterocycles. The fraction of sp³-hybridized carbons (Fsp3) is 0.0769. The van der Waals surface area contributed by atoms with Gasteiger partial charge in [0.1, 0.15) is 18.1 Å². The highest BCUT2D eigenvalue weighted by atomic mass is 15.0. The van der Waals surface area contributed by atoms with E-state index < -0.39 is 0 Å². The molecule has 16 heavy (non-hydrogen) atoms. The number of anilines is 1. The van der Waals surface area contributed by atoms with E-state index in [1.54, 1.807) is 0 Å². The summed E-state index contributed by atoms with van der Waals surface area (Å²) in [4.78, 5) is 4.60. The number of aryl methyl sites for hydroxylation is 1. The number of benzene rings is 2. The van der Waals surface area contributed by atoms with Gasteiger partial charge in [-0.25, -0.2) is 4.98 Å². The number of nitrogens with zero attached hydrogens (tertiary/aromatic N) is 2. The number of para-hydroxylation sites is 2. The normalized spacial score (nSPS) is 11.1. The second-order valence-corrected chi connectivity index (χ2v) is 3.91. The second kappa shape index (κ2) is 3.17. The van der Waals surface area contributed by atoms with Crippen LogP contribution in [0, 0.1) is 0 Å². The SMILES string of the molecule is C[n+]1c2ccccc2nc2ccc(N)cc21. The molecule has 0 spiro atoms. The first-order valence-electron chi connectivity index (χ1n) is 5.20. The lowest BCUT2D eigenvalue weighted by molar-refractivity contribution is -0.617. The lowest BCUT2D eigenvalue weighted by Crippen LogP contribution is -2.30. The molecule has 3 aromatic rings. The Balaban J connectivity index is 2.56. The molecule has 2 N–H and O–H groups in total. The maximum absolute atomic E-state index is 5.80. The van der Waals surface area contributed by atoms with E-state index in [1.807, 2.05) is 43.4 Å². The average Bonchev–Trinajstić information content (AvgIpc) is 2.31. The minimum atomic E-state index is 0.764. The molecule has 0 saturated heterocycles. The smallest absolute Gasteiger partial charge is 0.233 e. The Labute approximate surface area is 93.1 Å². The quantitative estimate of drug-likeness (QED) is 0.349. The lowest BCUT2D eigenvalue weighted by Gasteiger charge is -2.01. The largest absolute Gasteiger partial charge is 0.399 e. The summed E-state index contributed by atoms with van der Waals surface area (Å²) in [6.45, 7) is 0. The summed E-state index contributed by atoms with van der Waals surface area (Å²) in [6.07, 6.45) is 0. The van der Waals surface area contributed by atoms with Gasteiger partial charge in [-0.15, -0.1) is 0 Å². The first-order valence-corrected chi connectivity index (χ1v) is 5.20. The van der Waals surface area contributed by atoms with Gasteiger partial charge in [0.2, 0.25) is 11.0 Å². The highest BCUT2D eigenvalue weighted by molar-refractivity contribution is 5.82. The monoisotopic (exact) mass is 210 g/mol. The predicted molar refractivity (Wildman–Crippen MR) is 64.8 cm³/mol. The number of hydrogen-bond donors (Lipinski definition) is 1. The van der Waals surface area contributed by atoms with Crippen LogP contribution in [0.15, 0.2) is 42.5 Å². The summed E-state index contributed by atoms with van der Waals surface area (Å²) >= 11 is 0. The van der Waals surface area contributed by atoms with Gasteiger partial charge in [0.15, 0.2) is 0 Å². The van der Waals surface area contributed by atoms with E-state index in [1.165, 1.54) is 0 Å². The number of hydrogen-bond acceptors (Lipinski definition) is 2. The number of aromatic nitrogens is 2. The molecule has 3 nitrogen and oxygen atoms in total. The maximum Gasteiger partial charge on any atom is 0.233 e. The Morgan fingerprint density at radius 3 is 2.62 bits per heavy atom. The van der Waals surface area contributed by atoms with Crippen molar-refractivity contribution in [1.82, 2.24) is 4.98 Å². The van der Waals surface area contributed by atoms with Crippen LogP contribution in [0.5, 0.6) is 0 Å². The van der Waals surface area contributed by atoms with E-state index in [9.17, 15) is 0 Å². The Morgan fingerprint density at radius 1 is 1.00 bits per heavy atom. The topological polar surface area (TPSA) is 42.8 Å². The van der Waals surface area contributed by atoms with Gasteiger partial charge in [-0.05, 0) is 18.2 Å². The van der Waals surface area contributed by atoms with Gasteiger partial charge < -0.3 is 5.73 Å². The summed E-state index contributed by atoms with van der Waals surface area (Å²) in [6, 6.07) is 13.9. The Morgan fingerprint density at radius 2 is 1.75 bits per heavy atom. The molecule has 0 radical (unpaired) electrons. The van der Waals surface area contributed by atoms with Gasteiger partial charge >= 0.3 is 0 Å². The minimum absolute atomic E-state index is 0.764. The van der Waals surface area contributed by atoms with E-state index in [2.05, 4.69) is 15.6 Å². The van der Waals surface area contributed by atoms with Crippen LogP contribution in [0.2, 0.25) is 0 Å². The Hall–Kier alpha value is -2.16. The van der Waals surface area contributed by atoms with E-state index in [4.69, 9.17) is 5.73 Å². The predicted octanol–water partition coefficient (Wildman–Crippen LogP) is 1.79. The van der Waals surface area contributed by atoms with Crippen molar-refractivity contribution < 1.29 is 4.57 Å². The molecule has 0 aliphatic rings. The molecule has 3 heteroatoms. The zero-order valence-corrected chi connectivity index (χ0v) is 9.01. The van der Waals surface area contributed by atoms with E-state index in [-0.39, 0.29) is 0 Å². The molecule has 1 aromatic heterocycles. The van der Waals surface area contributed by atoms with Crippen LogP contribution in [-0.2, 0) is 7.05 Å². The fourth-order valence-electron chi connectivity index (χ4n) is 2.01. The molecule has 2 aromatic carbocycles. The van der Waals surface area contributed by atoms with Crippen LogP contribution in [0.25, 0.3) is 22.1 Å². The van der Waals surface area contributed by atoms with Crippen molar-refractivity contribution in [1.29, 1.82) is 0 Å².